The molecule has 88 heavy (non-hydrogen) atoms. The predicted octanol–water partition coefficient (Wildman–Crippen LogP) is 6.25. The van der Waals surface area contributed by atoms with Gasteiger partial charge in [0.05, 0.1) is 75.8 Å². The number of halogens is 7. The largest absolute Gasteiger partial charge is 1.00 e. The number of alkyl halides is 4. The van der Waals surface area contributed by atoms with Crippen molar-refractivity contribution in [2.75, 3.05) is 13.2 Å². The second-order valence-corrected chi connectivity index (χ2v) is 24.1. The summed E-state index contributed by atoms with van der Waals surface area (Å²) in [6.07, 6.45) is 4.20. The van der Waals surface area contributed by atoms with Crippen molar-refractivity contribution in [3.8, 4) is 53.5 Å². The number of nitrogens with two attached hydrogens (primary N) is 1. The van der Waals surface area contributed by atoms with Gasteiger partial charge in [0.1, 0.15) is 70.5 Å². The Hall–Kier alpha value is -6.46. The van der Waals surface area contributed by atoms with E-state index in [9.17, 15) is 41.8 Å². The Balaban J connectivity index is 0.000000199. The molecule has 462 valence electrons. The number of hydrogen-bond donors (Lipinski definition) is 4. The Morgan fingerprint density at radius 1 is 0.636 bits per heavy atom. The van der Waals surface area contributed by atoms with Crippen LogP contribution in [0.5, 0.6) is 0 Å². The van der Waals surface area contributed by atoms with Crippen LogP contribution in [0.25, 0.3) is 53.5 Å². The molecule has 0 saturated heterocycles. The van der Waals surface area contributed by atoms with Crippen LogP contribution in [0.4, 0.5) is 17.6 Å². The van der Waals surface area contributed by atoms with Crippen LogP contribution in [0.2, 0.25) is 8.67 Å². The first kappa shape index (κ1) is 72.3. The third-order valence-electron chi connectivity index (χ3n) is 12.7. The normalized spacial score (nSPS) is 12.3. The second kappa shape index (κ2) is 31.8. The summed E-state index contributed by atoms with van der Waals surface area (Å²) in [6, 6.07) is 10.6. The number of rotatable bonds is 13. The number of fused-ring (bicyclic) bond motifs is 1. The van der Waals surface area contributed by atoms with Gasteiger partial charge in [-0.25, -0.2) is 47.3 Å². The quantitative estimate of drug-likeness (QED) is 0.0563. The monoisotopic (exact) mass is 1360 g/mol. The average Bonchev–Trinajstić information content (AvgIpc) is 2.36. The first-order valence-corrected chi connectivity index (χ1v) is 29.2. The number of carboxylic acids is 2. The molecule has 35 heteroatoms. The summed E-state index contributed by atoms with van der Waals surface area (Å²) in [7, 11) is 6.20. The molecule has 0 spiro atoms. The maximum Gasteiger partial charge on any atom is 1.00 e. The smallest absolute Gasteiger partial charge is 0.543 e. The third-order valence-corrected chi connectivity index (χ3v) is 17.5. The molecule has 10 aromatic rings. The number of aliphatic hydroxyl groups is 2. The van der Waals surface area contributed by atoms with Gasteiger partial charge in [-0.3, -0.25) is 28.3 Å². The zero-order chi connectivity index (χ0) is 63.0. The Kier molecular flexibility index (Phi) is 26.1. The fourth-order valence-corrected chi connectivity index (χ4v) is 12.3. The van der Waals surface area contributed by atoms with E-state index in [0.29, 0.717) is 21.8 Å². The van der Waals surface area contributed by atoms with Gasteiger partial charge in [-0.15, -0.1) is 57.8 Å². The van der Waals surface area contributed by atoms with E-state index in [1.807, 2.05) is 45.9 Å². The van der Waals surface area contributed by atoms with Gasteiger partial charge < -0.3 is 35.5 Å². The molecular formula is C53H53Cl3F4N15NaO8S4. The van der Waals surface area contributed by atoms with Crippen LogP contribution in [-0.2, 0) is 41.2 Å². The minimum atomic E-state index is -2.80. The molecule has 9 aromatic heterocycles. The number of Topliss-reactive ketones (excluding diaryl/α,β-unsaturated/α-hetero) is 2. The minimum Gasteiger partial charge on any atom is -0.543 e. The SMILES string of the molecule is Cc1nc(-c2cnn(C)c2C(=O)CO)sc1C.Cc1nc(-c2cnn(C)c2C(=O)[O-])sc1C.Cl.Cn1ncc(-c2nc(C(F)F)c(Cl)s2)c1C(=O)CO.Cn1ncc(-c2nc(C(F)F)c(Cl)s2)c1C(=O)O.NC1CCn2cc(-c3ccccc3)nc2C1.[Na+]. The number of hydrogen-bond acceptors (Lipinski definition) is 21. The summed E-state index contributed by atoms with van der Waals surface area (Å²) in [4.78, 5) is 68.2. The van der Waals surface area contributed by atoms with Gasteiger partial charge in [-0.1, -0.05) is 53.5 Å². The number of aromatic carboxylic acids is 2. The number of ketones is 2. The number of imidazole rings is 1. The molecule has 0 aliphatic carbocycles. The van der Waals surface area contributed by atoms with E-state index in [0.717, 1.165) is 84.4 Å². The molecule has 23 nitrogen and oxygen atoms in total. The number of benzene rings is 1. The Bertz CT molecular complexity index is 4030. The summed E-state index contributed by atoms with van der Waals surface area (Å²) in [5.41, 5.74) is 11.1. The van der Waals surface area contributed by atoms with Crippen molar-refractivity contribution in [1.82, 2.24) is 68.6 Å². The minimum absolute atomic E-state index is 0. The van der Waals surface area contributed by atoms with Gasteiger partial charge in [-0.05, 0) is 34.1 Å². The molecule has 0 fully saturated rings. The van der Waals surface area contributed by atoms with Gasteiger partial charge in [0.25, 0.3) is 12.9 Å². The standard InChI is InChI=1S/C13H15N3.C11H13N3O2S.C10H8ClF2N3O2S.C10H11N3O2S.C9H6ClF2N3O2S.ClH.Na/c14-11-6-7-16-9-12(15-13(16)8-11)10-4-2-1-3-5-10;1-6-7(2)17-11(13-6)8-4-12-14(3)10(8)9(16)5-15;1-16-7(5(18)3-17)4(2-14-16)10-15-6(9(12)13)8(11)19-10;1-5-6(2)16-9(12-5)7-4-11-13(3)8(7)10(14)15;1-15-5(9(16)17)3(2-13-15)8-14-4(7(11)12)6(10)18-8;;/h1-5,9,11H,6-8,14H2;4,15H,5H2,1-3H3;2,9,17H,3H2,1H3;4H,1-3H3,(H,14,15);2,7H,1H3,(H,16,17);1H;/q;;;;;;+1/p-1. The summed E-state index contributed by atoms with van der Waals surface area (Å²) >= 11 is 15.9. The zero-order valence-corrected chi connectivity index (χ0v) is 55.7. The molecule has 1 atom stereocenters. The van der Waals surface area contributed by atoms with Gasteiger partial charge in [0, 0.05) is 68.7 Å². The molecule has 10 heterocycles. The topological polar surface area (TPSA) is 319 Å². The number of aromatic nitrogens is 14. The number of carbonyl (C=O) groups is 4. The molecule has 1 aliphatic rings. The Morgan fingerprint density at radius 2 is 1.02 bits per heavy atom. The first-order valence-electron chi connectivity index (χ1n) is 25.2. The molecule has 0 amide bonds. The third kappa shape index (κ3) is 16.9. The maximum absolute atomic E-state index is 12.6. The first-order chi connectivity index (χ1) is 40.7. The number of aliphatic hydroxyl groups excluding tert-OH is 2. The van der Waals surface area contributed by atoms with E-state index >= 15 is 0 Å². The van der Waals surface area contributed by atoms with Crippen LogP contribution in [0, 0.1) is 27.7 Å². The van der Waals surface area contributed by atoms with Crippen LogP contribution in [0.15, 0.2) is 61.3 Å². The van der Waals surface area contributed by atoms with Crippen molar-refractivity contribution in [3.63, 3.8) is 0 Å². The van der Waals surface area contributed by atoms with Crippen LogP contribution in [-0.4, -0.2) is 127 Å². The Labute approximate surface area is 553 Å². The van der Waals surface area contributed by atoms with Crippen molar-refractivity contribution in [2.45, 2.75) is 66.0 Å². The zero-order valence-electron chi connectivity index (χ0n) is 48.1. The fraction of sp³-hybridized carbons (Fsp3) is 0.302. The molecular weight excluding hydrogens is 1310 g/mol. The van der Waals surface area contributed by atoms with E-state index in [2.05, 4.69) is 68.2 Å². The van der Waals surface area contributed by atoms with Crippen molar-refractivity contribution in [2.24, 2.45) is 33.9 Å². The van der Waals surface area contributed by atoms with Crippen molar-refractivity contribution in [3.05, 3.63) is 131 Å². The summed E-state index contributed by atoms with van der Waals surface area (Å²) < 4.78 is 57.4. The van der Waals surface area contributed by atoms with Crippen molar-refractivity contribution in [1.29, 1.82) is 0 Å². The molecule has 11 rings (SSSR count). The van der Waals surface area contributed by atoms with Gasteiger partial charge in [0.2, 0.25) is 11.6 Å². The van der Waals surface area contributed by atoms with Crippen molar-refractivity contribution < 1.29 is 86.7 Å². The van der Waals surface area contributed by atoms with Crippen LogP contribution in [0.1, 0.15) is 99.6 Å². The average molecular weight is 1360 g/mol. The molecule has 0 radical (unpaired) electrons. The molecule has 0 bridgehead atoms. The van der Waals surface area contributed by atoms with E-state index in [-0.39, 0.29) is 101 Å². The molecule has 5 N–H and O–H groups in total. The van der Waals surface area contributed by atoms with E-state index < -0.39 is 55.2 Å². The van der Waals surface area contributed by atoms with Gasteiger partial charge >= 0.3 is 35.5 Å². The summed E-state index contributed by atoms with van der Waals surface area (Å²) in [5.74, 6) is -2.24. The van der Waals surface area contributed by atoms with Gasteiger partial charge in [-0.2, -0.15) is 20.4 Å². The molecule has 0 saturated carbocycles. The number of thiazole rings is 4. The fourth-order valence-electron chi connectivity index (χ4n) is 8.19. The van der Waals surface area contributed by atoms with Gasteiger partial charge in [0.15, 0.2) is 5.69 Å². The predicted molar refractivity (Wildman–Crippen MR) is 321 cm³/mol. The number of nitrogens with zero attached hydrogens (tertiary/aromatic N) is 14. The van der Waals surface area contributed by atoms with Crippen LogP contribution in [0.3, 0.4) is 0 Å². The molecule has 1 aliphatic heterocycles. The van der Waals surface area contributed by atoms with Crippen molar-refractivity contribution >= 4 is 104 Å². The van der Waals surface area contributed by atoms with Crippen LogP contribution < -0.4 is 40.4 Å². The van der Waals surface area contributed by atoms with E-state index in [1.54, 1.807) is 20.3 Å². The van der Waals surface area contributed by atoms with E-state index in [4.69, 9.17) is 44.3 Å². The maximum atomic E-state index is 12.6. The summed E-state index contributed by atoms with van der Waals surface area (Å²) in [6.45, 7) is 7.54. The molecule has 1 aromatic carbocycles. The summed E-state index contributed by atoms with van der Waals surface area (Å²) in [5, 5.41) is 55.2. The van der Waals surface area contributed by atoms with Crippen LogP contribution >= 0.6 is 81.0 Å². The van der Waals surface area contributed by atoms with E-state index in [1.165, 1.54) is 75.0 Å². The Morgan fingerprint density at radius 3 is 1.39 bits per heavy atom. The number of aryl methyl sites for hydroxylation is 9. The number of carboxylic acid groups (broad SMARTS) is 2. The number of carbonyl (C=O) groups excluding carboxylic acids is 3. The second-order valence-electron chi connectivity index (χ2n) is 18.5. The molecule has 1 unspecified atom stereocenters.